The number of para-hydroxylation sites is 2. The van der Waals surface area contributed by atoms with Crippen molar-refractivity contribution in [3.63, 3.8) is 0 Å². The lowest BCUT2D eigenvalue weighted by molar-refractivity contribution is 0.102. The zero-order chi connectivity index (χ0) is 29.7. The van der Waals surface area contributed by atoms with Gasteiger partial charge in [0.2, 0.25) is 0 Å². The summed E-state index contributed by atoms with van der Waals surface area (Å²) in [4.78, 5) is 22.4. The van der Waals surface area contributed by atoms with E-state index in [4.69, 9.17) is 4.98 Å². The minimum absolute atomic E-state index is 0. The minimum atomic E-state index is -3.75. The summed E-state index contributed by atoms with van der Waals surface area (Å²) in [5.41, 5.74) is 5.40. The number of benzene rings is 3. The molecule has 0 atom stereocenters. The van der Waals surface area contributed by atoms with Gasteiger partial charge in [-0.3, -0.25) is 14.0 Å². The minimum Gasteiger partial charge on any atom is -0.313 e. The summed E-state index contributed by atoms with van der Waals surface area (Å²) in [5.74, 6) is -0.270. The quantitative estimate of drug-likeness (QED) is 0.202. The molecule has 0 spiro atoms. The first-order valence-electron chi connectivity index (χ1n) is 14.6. The number of carbonyl (C=O) groups is 1. The van der Waals surface area contributed by atoms with E-state index in [2.05, 4.69) is 30.1 Å². The average molecular weight is 665 g/mol. The fourth-order valence-electron chi connectivity index (χ4n) is 5.99. The first kappa shape index (κ1) is 30.7. The molecule has 2 aromatic heterocycles. The molecular formula is C33H33ClN4O3S3. The van der Waals surface area contributed by atoms with Crippen LogP contribution in [0.1, 0.15) is 46.6 Å². The number of anilines is 2. The molecule has 0 saturated carbocycles. The Kier molecular flexibility index (Phi) is 8.56. The van der Waals surface area contributed by atoms with Crippen molar-refractivity contribution >= 4 is 71.9 Å². The highest BCUT2D eigenvalue weighted by Crippen LogP contribution is 2.46. The Morgan fingerprint density at radius 2 is 1.68 bits per heavy atom. The summed E-state index contributed by atoms with van der Waals surface area (Å²) in [6, 6.07) is 22.5. The number of aryl methyl sites for hydroxylation is 1. The largest absolute Gasteiger partial charge is 0.313 e. The number of nitrogens with zero attached hydrogens (tertiary/aromatic N) is 3. The first-order chi connectivity index (χ1) is 20.8. The molecule has 3 aromatic carbocycles. The van der Waals surface area contributed by atoms with Crippen LogP contribution in [0.2, 0.25) is 0 Å². The van der Waals surface area contributed by atoms with Crippen LogP contribution in [0.4, 0.5) is 10.7 Å². The number of hydrogen-bond donors (Lipinski definition) is 1. The average Bonchev–Trinajstić information content (AvgIpc) is 3.61. The molecular weight excluding hydrogens is 632 g/mol. The van der Waals surface area contributed by atoms with Gasteiger partial charge in [-0.2, -0.15) is 0 Å². The highest BCUT2D eigenvalue weighted by atomic mass is 35.5. The third-order valence-corrected chi connectivity index (χ3v) is 12.3. The van der Waals surface area contributed by atoms with Crippen molar-refractivity contribution in [3.05, 3.63) is 94.4 Å². The molecule has 1 amide bonds. The Morgan fingerprint density at radius 1 is 0.932 bits per heavy atom. The van der Waals surface area contributed by atoms with Crippen molar-refractivity contribution in [3.8, 4) is 10.6 Å². The molecule has 0 fully saturated rings. The second-order valence-corrected chi connectivity index (χ2v) is 15.3. The van der Waals surface area contributed by atoms with Gasteiger partial charge in [0.05, 0.1) is 20.8 Å². The maximum absolute atomic E-state index is 13.6. The Hall–Kier alpha value is -3.28. The number of thiophene rings is 1. The van der Waals surface area contributed by atoms with Crippen LogP contribution in [0.5, 0.6) is 0 Å². The van der Waals surface area contributed by atoms with Crippen LogP contribution < -0.4 is 9.62 Å². The highest BCUT2D eigenvalue weighted by Gasteiger charge is 2.30. The van der Waals surface area contributed by atoms with Crippen LogP contribution in [0, 0.1) is 0 Å². The van der Waals surface area contributed by atoms with E-state index in [-0.39, 0.29) is 23.2 Å². The van der Waals surface area contributed by atoms with E-state index < -0.39 is 10.0 Å². The van der Waals surface area contributed by atoms with Gasteiger partial charge >= 0.3 is 0 Å². The highest BCUT2D eigenvalue weighted by molar-refractivity contribution is 7.92. The van der Waals surface area contributed by atoms with Crippen LogP contribution in [0.25, 0.3) is 20.8 Å². The molecule has 2 aliphatic heterocycles. The van der Waals surface area contributed by atoms with Crippen LogP contribution in [0.15, 0.2) is 77.7 Å². The van der Waals surface area contributed by atoms with E-state index >= 15 is 0 Å². The molecule has 0 bridgehead atoms. The molecule has 0 radical (unpaired) electrons. The predicted molar refractivity (Wildman–Crippen MR) is 183 cm³/mol. The third kappa shape index (κ3) is 5.54. The standard InChI is InChI=1S/C33H32N4O3S3.ClH/c1-21(2)36-19-17-25-29(20-36)42-33(30(25)32-34-26-10-4-6-12-28(26)41-32)35-31(38)23-13-15-24(16-14-23)43(39,40)37-18-7-9-22-8-3-5-11-27(22)37;/h3-6,8,10-16,21H,7,9,17-20H2,1-2H3,(H,35,38);1H. The fourth-order valence-corrected chi connectivity index (χ4v) is 9.91. The van der Waals surface area contributed by atoms with Crippen LogP contribution >= 0.6 is 35.1 Å². The van der Waals surface area contributed by atoms with Gasteiger partial charge in [0.15, 0.2) is 0 Å². The van der Waals surface area contributed by atoms with Crippen molar-refractivity contribution in [2.75, 3.05) is 22.7 Å². The van der Waals surface area contributed by atoms with Gasteiger partial charge in [-0.15, -0.1) is 35.1 Å². The zero-order valence-electron chi connectivity index (χ0n) is 24.4. The van der Waals surface area contributed by atoms with E-state index in [0.717, 1.165) is 69.4 Å². The summed E-state index contributed by atoms with van der Waals surface area (Å²) in [5, 5.41) is 4.88. The van der Waals surface area contributed by atoms with Gasteiger partial charge in [-0.1, -0.05) is 30.3 Å². The number of amides is 1. The zero-order valence-corrected chi connectivity index (χ0v) is 27.7. The Bertz CT molecular complexity index is 1920. The van der Waals surface area contributed by atoms with Crippen molar-refractivity contribution in [1.29, 1.82) is 0 Å². The molecule has 4 heterocycles. The summed E-state index contributed by atoms with van der Waals surface area (Å²) in [7, 11) is -3.75. The number of sulfonamides is 1. The topological polar surface area (TPSA) is 82.6 Å². The summed E-state index contributed by atoms with van der Waals surface area (Å²) >= 11 is 3.27. The lowest BCUT2D eigenvalue weighted by Gasteiger charge is -2.30. The lowest BCUT2D eigenvalue weighted by Crippen LogP contribution is -2.35. The van der Waals surface area contributed by atoms with Crippen LogP contribution in [0.3, 0.4) is 0 Å². The third-order valence-electron chi connectivity index (χ3n) is 8.32. The summed E-state index contributed by atoms with van der Waals surface area (Å²) in [6.45, 7) is 6.67. The van der Waals surface area contributed by atoms with E-state index in [9.17, 15) is 13.2 Å². The van der Waals surface area contributed by atoms with Crippen molar-refractivity contribution in [2.24, 2.45) is 0 Å². The first-order valence-corrected chi connectivity index (χ1v) is 17.6. The van der Waals surface area contributed by atoms with E-state index in [1.165, 1.54) is 26.9 Å². The Labute approximate surface area is 272 Å². The maximum atomic E-state index is 13.6. The molecule has 2 aliphatic rings. The lowest BCUT2D eigenvalue weighted by atomic mass is 10.0. The smallest absolute Gasteiger partial charge is 0.264 e. The van der Waals surface area contributed by atoms with Crippen molar-refractivity contribution in [1.82, 2.24) is 9.88 Å². The number of halogens is 1. The van der Waals surface area contributed by atoms with Gasteiger partial charge < -0.3 is 5.32 Å². The number of nitrogens with one attached hydrogen (secondary N) is 1. The molecule has 1 N–H and O–H groups in total. The van der Waals surface area contributed by atoms with Gasteiger partial charge in [-0.25, -0.2) is 13.4 Å². The molecule has 0 aliphatic carbocycles. The molecule has 0 unspecified atom stereocenters. The molecule has 0 saturated heterocycles. The molecule has 7 rings (SSSR count). The monoisotopic (exact) mass is 664 g/mol. The Balaban J connectivity index is 0.00000343. The normalized spacial score (nSPS) is 15.1. The Morgan fingerprint density at radius 3 is 2.45 bits per heavy atom. The number of rotatable bonds is 6. The number of fused-ring (bicyclic) bond motifs is 3. The van der Waals surface area contributed by atoms with Gasteiger partial charge in [0.1, 0.15) is 10.0 Å². The van der Waals surface area contributed by atoms with E-state index in [0.29, 0.717) is 18.2 Å². The fraction of sp³-hybridized carbons (Fsp3) is 0.273. The predicted octanol–water partition coefficient (Wildman–Crippen LogP) is 7.61. The van der Waals surface area contributed by atoms with Gasteiger partial charge in [0, 0.05) is 41.7 Å². The van der Waals surface area contributed by atoms with Gasteiger partial charge in [0.25, 0.3) is 15.9 Å². The molecule has 11 heteroatoms. The maximum Gasteiger partial charge on any atom is 0.264 e. The second-order valence-electron chi connectivity index (χ2n) is 11.3. The van der Waals surface area contributed by atoms with Crippen LogP contribution in [-0.2, 0) is 29.4 Å². The summed E-state index contributed by atoms with van der Waals surface area (Å²) in [6.07, 6.45) is 2.53. The van der Waals surface area contributed by atoms with Crippen molar-refractivity contribution < 1.29 is 13.2 Å². The molecule has 7 nitrogen and oxygen atoms in total. The SMILES string of the molecule is CC(C)N1CCc2c(sc(NC(=O)c3ccc(S(=O)(=O)N4CCCc5ccccc54)cc3)c2-c2nc3ccccc3s2)C1.Cl. The molecule has 5 aromatic rings. The molecule has 44 heavy (non-hydrogen) atoms. The number of aromatic nitrogens is 1. The molecule has 228 valence electrons. The van der Waals surface area contributed by atoms with Crippen LogP contribution in [-0.4, -0.2) is 43.3 Å². The number of thiazole rings is 1. The van der Waals surface area contributed by atoms with Crippen molar-refractivity contribution in [2.45, 2.75) is 50.6 Å². The van der Waals surface area contributed by atoms with E-state index in [1.54, 1.807) is 34.8 Å². The number of carbonyl (C=O) groups excluding carboxylic acids is 1. The second kappa shape index (κ2) is 12.3. The number of hydrogen-bond acceptors (Lipinski definition) is 7. The van der Waals surface area contributed by atoms with Gasteiger partial charge in [-0.05, 0) is 86.7 Å². The summed E-state index contributed by atoms with van der Waals surface area (Å²) < 4.78 is 29.8. The van der Waals surface area contributed by atoms with E-state index in [1.807, 2.05) is 42.5 Å².